The Bertz CT molecular complexity index is 1020. The molecule has 164 valence electrons. The first-order valence-corrected chi connectivity index (χ1v) is 11.2. The van der Waals surface area contributed by atoms with Gasteiger partial charge in [-0.05, 0) is 74.7 Å². The van der Waals surface area contributed by atoms with Crippen LogP contribution in [0.15, 0.2) is 42.5 Å². The predicted octanol–water partition coefficient (Wildman–Crippen LogP) is 4.26. The minimum absolute atomic E-state index is 0.0376. The van der Waals surface area contributed by atoms with Crippen molar-refractivity contribution in [2.75, 3.05) is 31.1 Å². The average Bonchev–Trinajstić information content (AvgIpc) is 3.22. The summed E-state index contributed by atoms with van der Waals surface area (Å²) in [5.41, 5.74) is 6.33. The van der Waals surface area contributed by atoms with Crippen LogP contribution < -0.4 is 4.90 Å². The van der Waals surface area contributed by atoms with Crippen LogP contribution in [0.4, 0.5) is 5.69 Å². The van der Waals surface area contributed by atoms with Crippen LogP contribution in [-0.2, 0) is 5.54 Å². The third kappa shape index (κ3) is 4.49. The molecule has 0 N–H and O–H groups in total. The smallest absolute Gasteiger partial charge is 0.173 e. The first kappa shape index (κ1) is 21.5. The molecule has 0 amide bonds. The molecule has 6 heteroatoms. The fraction of sp³-hybridized carbons (Fsp3) is 0.480. The highest BCUT2D eigenvalue weighted by atomic mass is 15.6. The number of hydrogen-bond acceptors (Lipinski definition) is 5. The summed E-state index contributed by atoms with van der Waals surface area (Å²) in [5, 5.41) is 12.9. The molecule has 4 rings (SSSR count). The van der Waals surface area contributed by atoms with Crippen molar-refractivity contribution in [2.45, 2.75) is 53.1 Å². The number of rotatable bonds is 4. The van der Waals surface area contributed by atoms with Gasteiger partial charge in [-0.2, -0.15) is 0 Å². The van der Waals surface area contributed by atoms with Crippen LogP contribution in [0.5, 0.6) is 0 Å². The van der Waals surface area contributed by atoms with Gasteiger partial charge in [-0.15, -0.1) is 5.10 Å². The molecule has 6 nitrogen and oxygen atoms in total. The van der Waals surface area contributed by atoms with E-state index < -0.39 is 0 Å². The lowest BCUT2D eigenvalue weighted by Crippen LogP contribution is -2.49. The van der Waals surface area contributed by atoms with Crippen molar-refractivity contribution in [3.8, 4) is 0 Å². The zero-order valence-corrected chi connectivity index (χ0v) is 19.6. The number of nitrogens with zero attached hydrogens (tertiary/aromatic N) is 6. The molecule has 3 aromatic rings. The highest BCUT2D eigenvalue weighted by Gasteiger charge is 2.33. The molecule has 2 aromatic carbocycles. The maximum absolute atomic E-state index is 4.51. The molecule has 1 aliphatic rings. The zero-order chi connectivity index (χ0) is 22.2. The van der Waals surface area contributed by atoms with E-state index in [1.807, 2.05) is 4.68 Å². The Morgan fingerprint density at radius 3 is 2.13 bits per heavy atom. The maximum atomic E-state index is 4.51. The monoisotopic (exact) mass is 418 g/mol. The number of benzene rings is 2. The number of tetrazole rings is 1. The van der Waals surface area contributed by atoms with E-state index in [1.165, 1.54) is 27.9 Å². The second-order valence-corrected chi connectivity index (χ2v) is 9.75. The summed E-state index contributed by atoms with van der Waals surface area (Å²) in [7, 11) is 0. The average molecular weight is 419 g/mol. The summed E-state index contributed by atoms with van der Waals surface area (Å²) < 4.78 is 1.98. The first-order valence-electron chi connectivity index (χ1n) is 11.2. The molecular weight excluding hydrogens is 384 g/mol. The molecule has 1 fully saturated rings. The van der Waals surface area contributed by atoms with Gasteiger partial charge in [0, 0.05) is 31.9 Å². The zero-order valence-electron chi connectivity index (χ0n) is 19.6. The van der Waals surface area contributed by atoms with Gasteiger partial charge >= 0.3 is 0 Å². The SMILES string of the molecule is Cc1ccc([C@@H](c2nnnn2C(C)(C)C)N2CCN(c3cc(C)ccc3C)CC2)cc1. The van der Waals surface area contributed by atoms with E-state index in [0.29, 0.717) is 0 Å². The molecule has 1 atom stereocenters. The Morgan fingerprint density at radius 1 is 0.839 bits per heavy atom. The first-order chi connectivity index (χ1) is 14.7. The summed E-state index contributed by atoms with van der Waals surface area (Å²) in [6.45, 7) is 16.8. The minimum Gasteiger partial charge on any atom is -0.369 e. The van der Waals surface area contributed by atoms with E-state index in [0.717, 1.165) is 32.0 Å². The van der Waals surface area contributed by atoms with Crippen molar-refractivity contribution < 1.29 is 0 Å². The summed E-state index contributed by atoms with van der Waals surface area (Å²) in [6.07, 6.45) is 0. The van der Waals surface area contributed by atoms with E-state index in [1.54, 1.807) is 0 Å². The molecule has 1 aliphatic heterocycles. The molecule has 0 radical (unpaired) electrons. The Morgan fingerprint density at radius 2 is 1.48 bits per heavy atom. The Kier molecular flexibility index (Phi) is 5.84. The summed E-state index contributed by atoms with van der Waals surface area (Å²) in [4.78, 5) is 5.04. The topological polar surface area (TPSA) is 50.1 Å². The molecule has 0 unspecified atom stereocenters. The van der Waals surface area contributed by atoms with Gasteiger partial charge in [0.15, 0.2) is 5.82 Å². The van der Waals surface area contributed by atoms with Gasteiger partial charge < -0.3 is 4.90 Å². The second kappa shape index (κ2) is 8.42. The normalized spacial score (nSPS) is 16.5. The van der Waals surface area contributed by atoms with Crippen LogP contribution >= 0.6 is 0 Å². The van der Waals surface area contributed by atoms with E-state index in [4.69, 9.17) is 0 Å². The van der Waals surface area contributed by atoms with Gasteiger partial charge in [0.25, 0.3) is 0 Å². The fourth-order valence-electron chi connectivity index (χ4n) is 4.40. The van der Waals surface area contributed by atoms with Crippen LogP contribution in [0, 0.1) is 20.8 Å². The summed E-state index contributed by atoms with van der Waals surface area (Å²) in [6, 6.07) is 15.6. The fourth-order valence-corrected chi connectivity index (χ4v) is 4.40. The molecule has 1 aromatic heterocycles. The van der Waals surface area contributed by atoms with Crippen LogP contribution in [0.3, 0.4) is 0 Å². The van der Waals surface area contributed by atoms with E-state index in [-0.39, 0.29) is 11.6 Å². The number of aromatic nitrogens is 4. The largest absolute Gasteiger partial charge is 0.369 e. The van der Waals surface area contributed by atoms with Crippen molar-refractivity contribution in [3.63, 3.8) is 0 Å². The third-order valence-electron chi connectivity index (χ3n) is 6.15. The molecule has 2 heterocycles. The lowest BCUT2D eigenvalue weighted by molar-refractivity contribution is 0.191. The number of hydrogen-bond donors (Lipinski definition) is 0. The molecule has 0 bridgehead atoms. The highest BCUT2D eigenvalue weighted by molar-refractivity contribution is 5.55. The van der Waals surface area contributed by atoms with Crippen LogP contribution in [-0.4, -0.2) is 51.3 Å². The van der Waals surface area contributed by atoms with Crippen molar-refractivity contribution in [3.05, 3.63) is 70.5 Å². The molecule has 1 saturated heterocycles. The third-order valence-corrected chi connectivity index (χ3v) is 6.15. The predicted molar refractivity (Wildman–Crippen MR) is 126 cm³/mol. The maximum Gasteiger partial charge on any atom is 0.173 e. The van der Waals surface area contributed by atoms with Crippen LogP contribution in [0.2, 0.25) is 0 Å². The van der Waals surface area contributed by atoms with Gasteiger partial charge in [0.2, 0.25) is 0 Å². The minimum atomic E-state index is -0.178. The van der Waals surface area contributed by atoms with Gasteiger partial charge in [-0.3, -0.25) is 4.90 Å². The molecule has 0 spiro atoms. The summed E-state index contributed by atoms with van der Waals surface area (Å²) >= 11 is 0. The van der Waals surface area contributed by atoms with Crippen molar-refractivity contribution >= 4 is 5.69 Å². The van der Waals surface area contributed by atoms with Gasteiger partial charge in [-0.25, -0.2) is 4.68 Å². The van der Waals surface area contributed by atoms with Crippen LogP contribution in [0.1, 0.15) is 54.9 Å². The Balaban J connectivity index is 1.64. The van der Waals surface area contributed by atoms with E-state index >= 15 is 0 Å². The van der Waals surface area contributed by atoms with Gasteiger partial charge in [-0.1, -0.05) is 42.0 Å². The van der Waals surface area contributed by atoms with E-state index in [2.05, 4.69) is 109 Å². The second-order valence-electron chi connectivity index (χ2n) is 9.75. The Labute approximate surface area is 185 Å². The standard InChI is InChI=1S/C25H34N6/c1-18-8-11-21(12-9-18)23(24-26-27-28-31(24)25(4,5)6)30-15-13-29(14-16-30)22-17-19(2)7-10-20(22)3/h7-12,17,23H,13-16H2,1-6H3/t23-/m0/s1. The molecule has 31 heavy (non-hydrogen) atoms. The van der Waals surface area contributed by atoms with Crippen molar-refractivity contribution in [2.24, 2.45) is 0 Å². The van der Waals surface area contributed by atoms with Crippen molar-refractivity contribution in [1.29, 1.82) is 0 Å². The summed E-state index contributed by atoms with van der Waals surface area (Å²) in [5.74, 6) is 0.913. The number of aryl methyl sites for hydroxylation is 3. The lowest BCUT2D eigenvalue weighted by atomic mass is 10.00. The Hall–Kier alpha value is -2.73. The van der Waals surface area contributed by atoms with Gasteiger partial charge in [0.05, 0.1) is 11.6 Å². The van der Waals surface area contributed by atoms with Crippen LogP contribution in [0.25, 0.3) is 0 Å². The van der Waals surface area contributed by atoms with Crippen molar-refractivity contribution in [1.82, 2.24) is 25.1 Å². The highest BCUT2D eigenvalue weighted by Crippen LogP contribution is 2.32. The molecule has 0 aliphatic carbocycles. The van der Waals surface area contributed by atoms with Gasteiger partial charge in [0.1, 0.15) is 0 Å². The molecular formula is C25H34N6. The number of piperazine rings is 1. The quantitative estimate of drug-likeness (QED) is 0.633. The van der Waals surface area contributed by atoms with E-state index in [9.17, 15) is 0 Å². The lowest BCUT2D eigenvalue weighted by Gasteiger charge is -2.41. The number of anilines is 1. The molecule has 0 saturated carbocycles.